The predicted molar refractivity (Wildman–Crippen MR) is 56.8 cm³/mol. The van der Waals surface area contributed by atoms with Gasteiger partial charge in [-0.05, 0) is 12.8 Å². The highest BCUT2D eigenvalue weighted by Gasteiger charge is 2.31. The summed E-state index contributed by atoms with van der Waals surface area (Å²) in [6, 6.07) is 0. The van der Waals surface area contributed by atoms with Crippen LogP contribution in [-0.4, -0.2) is 54.7 Å². The fourth-order valence-electron chi connectivity index (χ4n) is 1.88. The lowest BCUT2D eigenvalue weighted by molar-refractivity contribution is -0.149. The third kappa shape index (κ3) is 2.93. The van der Waals surface area contributed by atoms with Crippen molar-refractivity contribution in [3.8, 4) is 0 Å². The van der Waals surface area contributed by atoms with Crippen LogP contribution < -0.4 is 5.73 Å². The van der Waals surface area contributed by atoms with Crippen LogP contribution >= 0.6 is 0 Å². The van der Waals surface area contributed by atoms with Crippen molar-refractivity contribution >= 4 is 11.9 Å². The first-order chi connectivity index (χ1) is 7.60. The van der Waals surface area contributed by atoms with Crippen molar-refractivity contribution in [2.75, 3.05) is 26.7 Å². The number of likely N-dealkylation sites (tertiary alicyclic amines) is 1. The molecule has 0 radical (unpaired) electrons. The summed E-state index contributed by atoms with van der Waals surface area (Å²) in [6.07, 6.45) is 0.677. The van der Waals surface area contributed by atoms with Crippen LogP contribution in [0.4, 0.5) is 0 Å². The van der Waals surface area contributed by atoms with E-state index in [4.69, 9.17) is 15.6 Å². The molecular weight excluding hydrogens is 212 g/mol. The van der Waals surface area contributed by atoms with Gasteiger partial charge in [-0.3, -0.25) is 9.59 Å². The zero-order valence-electron chi connectivity index (χ0n) is 9.39. The van der Waals surface area contributed by atoms with Gasteiger partial charge in [0.25, 0.3) is 5.91 Å². The van der Waals surface area contributed by atoms with E-state index in [0.29, 0.717) is 19.4 Å². The van der Waals surface area contributed by atoms with Gasteiger partial charge in [-0.2, -0.15) is 0 Å². The molecule has 92 valence electrons. The Morgan fingerprint density at radius 2 is 2.31 bits per heavy atom. The van der Waals surface area contributed by atoms with E-state index in [2.05, 4.69) is 0 Å². The Bertz CT molecular complexity index is 266. The van der Waals surface area contributed by atoms with Crippen molar-refractivity contribution in [3.63, 3.8) is 0 Å². The summed E-state index contributed by atoms with van der Waals surface area (Å²) in [4.78, 5) is 24.2. The number of nitrogens with zero attached hydrogens (tertiary/aromatic N) is 1. The van der Waals surface area contributed by atoms with Gasteiger partial charge in [-0.1, -0.05) is 0 Å². The number of methoxy groups -OCH3 is 1. The predicted octanol–water partition coefficient (Wildman–Crippen LogP) is -0.717. The second kappa shape index (κ2) is 5.81. The second-order valence-corrected chi connectivity index (χ2v) is 3.92. The van der Waals surface area contributed by atoms with Crippen molar-refractivity contribution in [1.29, 1.82) is 0 Å². The Labute approximate surface area is 94.3 Å². The van der Waals surface area contributed by atoms with Crippen LogP contribution in [0.2, 0.25) is 0 Å². The summed E-state index contributed by atoms with van der Waals surface area (Å²) < 4.78 is 4.95. The van der Waals surface area contributed by atoms with E-state index in [-0.39, 0.29) is 19.0 Å². The molecule has 0 aromatic rings. The Kier molecular flexibility index (Phi) is 4.70. The minimum Gasteiger partial charge on any atom is -0.481 e. The first-order valence-electron chi connectivity index (χ1n) is 5.34. The smallest absolute Gasteiger partial charge is 0.308 e. The molecule has 16 heavy (non-hydrogen) atoms. The van der Waals surface area contributed by atoms with Crippen molar-refractivity contribution in [2.45, 2.75) is 18.9 Å². The van der Waals surface area contributed by atoms with Gasteiger partial charge in [-0.15, -0.1) is 0 Å². The summed E-state index contributed by atoms with van der Waals surface area (Å²) in [5.74, 6) is -1.52. The summed E-state index contributed by atoms with van der Waals surface area (Å²) in [7, 11) is 1.42. The molecule has 3 N–H and O–H groups in total. The van der Waals surface area contributed by atoms with Crippen LogP contribution in [0.3, 0.4) is 0 Å². The van der Waals surface area contributed by atoms with Crippen LogP contribution in [0, 0.1) is 5.92 Å². The maximum absolute atomic E-state index is 11.9. The summed E-state index contributed by atoms with van der Waals surface area (Å²) in [6.45, 7) is 0.958. The molecule has 0 aliphatic carbocycles. The molecule has 0 bridgehead atoms. The van der Waals surface area contributed by atoms with E-state index in [0.717, 1.165) is 0 Å². The molecule has 2 atom stereocenters. The molecule has 6 heteroatoms. The van der Waals surface area contributed by atoms with Gasteiger partial charge in [0.05, 0.1) is 5.92 Å². The molecule has 1 rings (SSSR count). The van der Waals surface area contributed by atoms with Gasteiger partial charge < -0.3 is 20.5 Å². The van der Waals surface area contributed by atoms with Crippen LogP contribution in [0.25, 0.3) is 0 Å². The largest absolute Gasteiger partial charge is 0.481 e. The number of carboxylic acids is 1. The Balaban J connectivity index is 2.59. The molecule has 1 aliphatic rings. The Morgan fingerprint density at radius 1 is 1.62 bits per heavy atom. The highest BCUT2D eigenvalue weighted by molar-refractivity contribution is 5.82. The molecule has 1 saturated heterocycles. The summed E-state index contributed by atoms with van der Waals surface area (Å²) >= 11 is 0. The van der Waals surface area contributed by atoms with Gasteiger partial charge >= 0.3 is 5.97 Å². The SMILES string of the molecule is COC(CN)C(=O)N1CCCC(C(=O)O)C1. The van der Waals surface area contributed by atoms with E-state index >= 15 is 0 Å². The lowest BCUT2D eigenvalue weighted by Crippen LogP contribution is -2.49. The van der Waals surface area contributed by atoms with Crippen LogP contribution in [0.5, 0.6) is 0 Å². The lowest BCUT2D eigenvalue weighted by Gasteiger charge is -2.32. The second-order valence-electron chi connectivity index (χ2n) is 3.92. The van der Waals surface area contributed by atoms with Gasteiger partial charge in [0.15, 0.2) is 0 Å². The molecule has 0 aromatic heterocycles. The normalized spacial score (nSPS) is 22.9. The number of carbonyl (C=O) groups excluding carboxylic acids is 1. The van der Waals surface area contributed by atoms with Crippen LogP contribution in [-0.2, 0) is 14.3 Å². The highest BCUT2D eigenvalue weighted by atomic mass is 16.5. The van der Waals surface area contributed by atoms with Crippen LogP contribution in [0.1, 0.15) is 12.8 Å². The summed E-state index contributed by atoms with van der Waals surface area (Å²) in [5, 5.41) is 8.90. The topological polar surface area (TPSA) is 92.9 Å². The maximum Gasteiger partial charge on any atom is 0.308 e. The monoisotopic (exact) mass is 230 g/mol. The first-order valence-corrected chi connectivity index (χ1v) is 5.34. The highest BCUT2D eigenvalue weighted by Crippen LogP contribution is 2.17. The van der Waals surface area contributed by atoms with E-state index in [1.54, 1.807) is 0 Å². The Hall–Kier alpha value is -1.14. The van der Waals surface area contributed by atoms with Crippen molar-refractivity contribution < 1.29 is 19.4 Å². The number of aliphatic carboxylic acids is 1. The van der Waals surface area contributed by atoms with Crippen molar-refractivity contribution in [3.05, 3.63) is 0 Å². The van der Waals surface area contributed by atoms with Gasteiger partial charge in [0.1, 0.15) is 6.10 Å². The van der Waals surface area contributed by atoms with E-state index in [1.165, 1.54) is 12.0 Å². The number of carbonyl (C=O) groups is 2. The lowest BCUT2D eigenvalue weighted by atomic mass is 9.98. The van der Waals surface area contributed by atoms with Gasteiger partial charge in [0, 0.05) is 26.7 Å². The van der Waals surface area contributed by atoms with Crippen molar-refractivity contribution in [1.82, 2.24) is 4.90 Å². The van der Waals surface area contributed by atoms with E-state index < -0.39 is 18.0 Å². The molecule has 1 heterocycles. The number of carboxylic acid groups (broad SMARTS) is 1. The molecule has 1 aliphatic heterocycles. The number of hydrogen-bond acceptors (Lipinski definition) is 4. The quantitative estimate of drug-likeness (QED) is 0.665. The zero-order valence-corrected chi connectivity index (χ0v) is 9.39. The number of ether oxygens (including phenoxy) is 1. The summed E-state index contributed by atoms with van der Waals surface area (Å²) in [5.41, 5.74) is 5.40. The average molecular weight is 230 g/mol. The molecule has 1 fully saturated rings. The molecule has 6 nitrogen and oxygen atoms in total. The minimum absolute atomic E-state index is 0.115. The fraction of sp³-hybridized carbons (Fsp3) is 0.800. The van der Waals surface area contributed by atoms with Gasteiger partial charge in [-0.25, -0.2) is 0 Å². The van der Waals surface area contributed by atoms with E-state index in [1.807, 2.05) is 0 Å². The minimum atomic E-state index is -0.848. The molecule has 0 saturated carbocycles. The Morgan fingerprint density at radius 3 is 2.81 bits per heavy atom. The van der Waals surface area contributed by atoms with E-state index in [9.17, 15) is 9.59 Å². The number of amides is 1. The number of hydrogen-bond donors (Lipinski definition) is 2. The van der Waals surface area contributed by atoms with Crippen molar-refractivity contribution in [2.24, 2.45) is 11.7 Å². The molecule has 0 spiro atoms. The standard InChI is InChI=1S/C10H18N2O4/c1-16-8(5-11)9(13)12-4-2-3-7(6-12)10(14)15/h7-8H,2-6,11H2,1H3,(H,14,15). The first kappa shape index (κ1) is 12.9. The number of rotatable bonds is 4. The fourth-order valence-corrected chi connectivity index (χ4v) is 1.88. The molecule has 2 unspecified atom stereocenters. The average Bonchev–Trinajstić information content (AvgIpc) is 2.30. The molecule has 1 amide bonds. The number of piperidine rings is 1. The van der Waals surface area contributed by atoms with Gasteiger partial charge in [0.2, 0.25) is 0 Å². The zero-order chi connectivity index (χ0) is 12.1. The molecular formula is C10H18N2O4. The third-order valence-electron chi connectivity index (χ3n) is 2.86. The third-order valence-corrected chi connectivity index (χ3v) is 2.86. The van der Waals surface area contributed by atoms with Crippen LogP contribution in [0.15, 0.2) is 0 Å². The maximum atomic E-state index is 11.9. The molecule has 0 aromatic carbocycles. The number of nitrogens with two attached hydrogens (primary N) is 1.